The van der Waals surface area contributed by atoms with E-state index >= 15 is 0 Å². The highest BCUT2D eigenvalue weighted by atomic mass is 19.1. The van der Waals surface area contributed by atoms with Crippen molar-refractivity contribution in [3.63, 3.8) is 0 Å². The van der Waals surface area contributed by atoms with E-state index in [0.29, 0.717) is 17.2 Å². The van der Waals surface area contributed by atoms with Gasteiger partial charge in [0.2, 0.25) is 0 Å². The SMILES string of the molecule is CC(C)c1ccn(-c2ccc([C@@H](C)O)cc2F)n1. The predicted octanol–water partition coefficient (Wildman–Crippen LogP) is 3.19. The molecule has 0 spiro atoms. The number of benzene rings is 1. The molecule has 0 aliphatic carbocycles. The maximum Gasteiger partial charge on any atom is 0.149 e. The lowest BCUT2D eigenvalue weighted by molar-refractivity contribution is 0.199. The molecule has 1 atom stereocenters. The van der Waals surface area contributed by atoms with Gasteiger partial charge in [-0.1, -0.05) is 19.9 Å². The number of hydrogen-bond acceptors (Lipinski definition) is 2. The summed E-state index contributed by atoms with van der Waals surface area (Å²) in [5.74, 6) is -0.0714. The van der Waals surface area contributed by atoms with Crippen LogP contribution in [0.2, 0.25) is 0 Å². The third-order valence-electron chi connectivity index (χ3n) is 2.90. The van der Waals surface area contributed by atoms with E-state index in [-0.39, 0.29) is 5.82 Å². The molecular formula is C14H17FN2O. The Bertz CT molecular complexity index is 546. The summed E-state index contributed by atoms with van der Waals surface area (Å²) < 4.78 is 15.5. The van der Waals surface area contributed by atoms with E-state index in [1.54, 1.807) is 25.3 Å². The van der Waals surface area contributed by atoms with Crippen LogP contribution in [0.1, 0.15) is 44.1 Å². The molecule has 0 radical (unpaired) electrons. The van der Waals surface area contributed by atoms with Crippen LogP contribution in [-0.4, -0.2) is 14.9 Å². The highest BCUT2D eigenvalue weighted by molar-refractivity contribution is 5.36. The number of aliphatic hydroxyl groups is 1. The van der Waals surface area contributed by atoms with Crippen molar-refractivity contribution in [2.75, 3.05) is 0 Å². The average Bonchev–Trinajstić information content (AvgIpc) is 2.78. The smallest absolute Gasteiger partial charge is 0.149 e. The maximum absolute atomic E-state index is 13.9. The summed E-state index contributed by atoms with van der Waals surface area (Å²) in [6, 6.07) is 6.57. The Morgan fingerprint density at radius 1 is 1.22 bits per heavy atom. The fourth-order valence-corrected chi connectivity index (χ4v) is 1.75. The van der Waals surface area contributed by atoms with Gasteiger partial charge >= 0.3 is 0 Å². The van der Waals surface area contributed by atoms with Gasteiger partial charge in [0.1, 0.15) is 11.5 Å². The van der Waals surface area contributed by atoms with Gasteiger partial charge in [0.05, 0.1) is 11.8 Å². The molecule has 1 aromatic carbocycles. The highest BCUT2D eigenvalue weighted by Crippen LogP contribution is 2.20. The first kappa shape index (κ1) is 12.8. The van der Waals surface area contributed by atoms with Gasteiger partial charge in [-0.05, 0) is 36.6 Å². The summed E-state index contributed by atoms with van der Waals surface area (Å²) in [5.41, 5.74) is 1.88. The molecule has 1 aromatic heterocycles. The molecule has 4 heteroatoms. The maximum atomic E-state index is 13.9. The van der Waals surface area contributed by atoms with Crippen LogP contribution in [0.5, 0.6) is 0 Å². The van der Waals surface area contributed by atoms with E-state index in [4.69, 9.17) is 0 Å². The zero-order valence-electron chi connectivity index (χ0n) is 10.8. The minimum absolute atomic E-state index is 0.311. The second kappa shape index (κ2) is 4.90. The molecule has 0 aliphatic rings. The molecule has 1 heterocycles. The zero-order chi connectivity index (χ0) is 13.3. The Hall–Kier alpha value is -1.68. The van der Waals surface area contributed by atoms with Gasteiger partial charge in [-0.15, -0.1) is 0 Å². The topological polar surface area (TPSA) is 38.0 Å². The molecule has 0 bridgehead atoms. The van der Waals surface area contributed by atoms with Crippen LogP contribution in [0.15, 0.2) is 30.5 Å². The number of rotatable bonds is 3. The van der Waals surface area contributed by atoms with Crippen molar-refractivity contribution < 1.29 is 9.50 Å². The van der Waals surface area contributed by atoms with Crippen molar-refractivity contribution in [1.29, 1.82) is 0 Å². The summed E-state index contributed by atoms with van der Waals surface area (Å²) in [6.45, 7) is 5.69. The number of halogens is 1. The van der Waals surface area contributed by atoms with Gasteiger partial charge in [0.25, 0.3) is 0 Å². The molecule has 0 unspecified atom stereocenters. The summed E-state index contributed by atoms with van der Waals surface area (Å²) in [4.78, 5) is 0. The predicted molar refractivity (Wildman–Crippen MR) is 68.2 cm³/mol. The molecule has 0 fully saturated rings. The zero-order valence-corrected chi connectivity index (χ0v) is 10.8. The molecule has 0 saturated heterocycles. The van der Waals surface area contributed by atoms with E-state index in [0.717, 1.165) is 5.69 Å². The van der Waals surface area contributed by atoms with Crippen molar-refractivity contribution in [2.45, 2.75) is 32.8 Å². The fraction of sp³-hybridized carbons (Fsp3) is 0.357. The van der Waals surface area contributed by atoms with Crippen LogP contribution in [0.25, 0.3) is 5.69 Å². The Labute approximate surface area is 106 Å². The second-order valence-electron chi connectivity index (χ2n) is 4.73. The van der Waals surface area contributed by atoms with E-state index < -0.39 is 6.10 Å². The molecule has 0 amide bonds. The molecule has 0 saturated carbocycles. The molecule has 0 aliphatic heterocycles. The van der Waals surface area contributed by atoms with E-state index in [2.05, 4.69) is 5.10 Å². The van der Waals surface area contributed by atoms with Gasteiger partial charge in [0, 0.05) is 6.20 Å². The molecule has 2 aromatic rings. The Balaban J connectivity index is 2.38. The van der Waals surface area contributed by atoms with Crippen LogP contribution in [-0.2, 0) is 0 Å². The van der Waals surface area contributed by atoms with Crippen LogP contribution in [0.3, 0.4) is 0 Å². The minimum Gasteiger partial charge on any atom is -0.389 e. The van der Waals surface area contributed by atoms with E-state index in [9.17, 15) is 9.50 Å². The fourth-order valence-electron chi connectivity index (χ4n) is 1.75. The Morgan fingerprint density at radius 2 is 1.94 bits per heavy atom. The van der Waals surface area contributed by atoms with Crippen LogP contribution >= 0.6 is 0 Å². The summed E-state index contributed by atoms with van der Waals surface area (Å²) in [7, 11) is 0. The van der Waals surface area contributed by atoms with Gasteiger partial charge in [-0.25, -0.2) is 9.07 Å². The first-order valence-electron chi connectivity index (χ1n) is 6.02. The summed E-state index contributed by atoms with van der Waals surface area (Å²) >= 11 is 0. The van der Waals surface area contributed by atoms with E-state index in [1.165, 1.54) is 10.7 Å². The standard InChI is InChI=1S/C14H17FN2O/c1-9(2)13-6-7-17(16-13)14-5-4-11(10(3)18)8-12(14)15/h4-10,18H,1-3H3/t10-/m1/s1. The van der Waals surface area contributed by atoms with Gasteiger partial charge in [0.15, 0.2) is 0 Å². The third kappa shape index (κ3) is 2.43. The Kier molecular flexibility index (Phi) is 3.48. The van der Waals surface area contributed by atoms with Gasteiger partial charge in [-0.2, -0.15) is 5.10 Å². The lowest BCUT2D eigenvalue weighted by Crippen LogP contribution is -2.02. The van der Waals surface area contributed by atoms with Crippen molar-refractivity contribution in [1.82, 2.24) is 9.78 Å². The molecule has 3 nitrogen and oxygen atoms in total. The van der Waals surface area contributed by atoms with Crippen LogP contribution in [0.4, 0.5) is 4.39 Å². The van der Waals surface area contributed by atoms with Crippen LogP contribution in [0, 0.1) is 5.82 Å². The largest absolute Gasteiger partial charge is 0.389 e. The molecule has 2 rings (SSSR count). The van der Waals surface area contributed by atoms with E-state index in [1.807, 2.05) is 19.9 Å². The summed E-state index contributed by atoms with van der Waals surface area (Å²) in [5, 5.41) is 13.7. The van der Waals surface area contributed by atoms with Crippen molar-refractivity contribution >= 4 is 0 Å². The lowest BCUT2D eigenvalue weighted by atomic mass is 10.1. The molecule has 18 heavy (non-hydrogen) atoms. The van der Waals surface area contributed by atoms with Crippen LogP contribution < -0.4 is 0 Å². The number of nitrogens with zero attached hydrogens (tertiary/aromatic N) is 2. The van der Waals surface area contributed by atoms with Gasteiger partial charge < -0.3 is 5.11 Å². The molecule has 96 valence electrons. The van der Waals surface area contributed by atoms with Crippen molar-refractivity contribution in [2.24, 2.45) is 0 Å². The third-order valence-corrected chi connectivity index (χ3v) is 2.90. The first-order chi connectivity index (χ1) is 8.49. The monoisotopic (exact) mass is 248 g/mol. The summed E-state index contributed by atoms with van der Waals surface area (Å²) in [6.07, 6.45) is 1.08. The minimum atomic E-state index is -0.669. The highest BCUT2D eigenvalue weighted by Gasteiger charge is 2.10. The normalized spacial score (nSPS) is 13.0. The van der Waals surface area contributed by atoms with Gasteiger partial charge in [-0.3, -0.25) is 0 Å². The average molecular weight is 248 g/mol. The number of hydrogen-bond donors (Lipinski definition) is 1. The Morgan fingerprint density at radius 3 is 2.44 bits per heavy atom. The van der Waals surface area contributed by atoms with Crippen molar-refractivity contribution in [3.05, 3.63) is 47.5 Å². The first-order valence-corrected chi connectivity index (χ1v) is 6.02. The molecule has 1 N–H and O–H groups in total. The quantitative estimate of drug-likeness (QED) is 0.905. The number of aromatic nitrogens is 2. The molecular weight excluding hydrogens is 231 g/mol. The second-order valence-corrected chi connectivity index (χ2v) is 4.73. The number of aliphatic hydroxyl groups excluding tert-OH is 1. The van der Waals surface area contributed by atoms with Crippen molar-refractivity contribution in [3.8, 4) is 5.69 Å². The lowest BCUT2D eigenvalue weighted by Gasteiger charge is -2.08.